The van der Waals surface area contributed by atoms with E-state index < -0.39 is 0 Å². The molecule has 1 amide bonds. The van der Waals surface area contributed by atoms with Gasteiger partial charge in [0.25, 0.3) is 0 Å². The number of carbonyl (C=O) groups is 1. The van der Waals surface area contributed by atoms with Gasteiger partial charge < -0.3 is 16.0 Å². The van der Waals surface area contributed by atoms with E-state index in [9.17, 15) is 4.79 Å². The van der Waals surface area contributed by atoms with Gasteiger partial charge in [0.2, 0.25) is 5.91 Å². The van der Waals surface area contributed by atoms with Crippen molar-refractivity contribution in [2.75, 3.05) is 36.4 Å². The van der Waals surface area contributed by atoms with Gasteiger partial charge in [-0.15, -0.1) is 0 Å². The summed E-state index contributed by atoms with van der Waals surface area (Å²) < 4.78 is 0. The molecule has 2 rings (SSSR count). The van der Waals surface area contributed by atoms with Crippen LogP contribution in [0.2, 0.25) is 0 Å². The lowest BCUT2D eigenvalue weighted by Gasteiger charge is -2.31. The molecule has 1 heterocycles. The third-order valence-electron chi connectivity index (χ3n) is 3.57. The smallest absolute Gasteiger partial charge is 0.225 e. The van der Waals surface area contributed by atoms with Crippen molar-refractivity contribution in [1.29, 1.82) is 0 Å². The Labute approximate surface area is 125 Å². The van der Waals surface area contributed by atoms with Gasteiger partial charge in [0.1, 0.15) is 0 Å². The van der Waals surface area contributed by atoms with Gasteiger partial charge in [-0.1, -0.05) is 19.1 Å². The first-order valence-corrected chi connectivity index (χ1v) is 8.22. The van der Waals surface area contributed by atoms with E-state index in [1.54, 1.807) is 6.07 Å². The number of amides is 1. The highest BCUT2D eigenvalue weighted by atomic mass is 32.2. The number of nitrogens with one attached hydrogen (secondary N) is 1. The Morgan fingerprint density at radius 3 is 3.05 bits per heavy atom. The monoisotopic (exact) mass is 293 g/mol. The Balaban J connectivity index is 1.76. The zero-order valence-electron chi connectivity index (χ0n) is 12.0. The molecule has 1 aliphatic heterocycles. The summed E-state index contributed by atoms with van der Waals surface area (Å²) in [6, 6.07) is 7.36. The third kappa shape index (κ3) is 4.42. The fraction of sp³-hybridized carbons (Fsp3) is 0.533. The van der Waals surface area contributed by atoms with E-state index in [1.165, 1.54) is 12.2 Å². The molecule has 5 heteroatoms. The Morgan fingerprint density at radius 2 is 2.30 bits per heavy atom. The largest absolute Gasteiger partial charge is 0.397 e. The molecule has 3 N–H and O–H groups in total. The van der Waals surface area contributed by atoms with Crippen LogP contribution in [0.1, 0.15) is 19.8 Å². The predicted molar refractivity (Wildman–Crippen MR) is 87.1 cm³/mol. The molecule has 1 aromatic rings. The van der Waals surface area contributed by atoms with Crippen LogP contribution >= 0.6 is 11.8 Å². The maximum atomic E-state index is 12.0. The van der Waals surface area contributed by atoms with Crippen molar-refractivity contribution < 1.29 is 4.79 Å². The number of rotatable bonds is 5. The highest BCUT2D eigenvalue weighted by Crippen LogP contribution is 2.21. The van der Waals surface area contributed by atoms with Gasteiger partial charge in [0.15, 0.2) is 0 Å². The standard InChI is InChI=1S/C15H23N3OS/c1-2-12-11-18(9-10-20-12)8-7-15(19)17-14-6-4-3-5-13(14)16/h3-6,12H,2,7-11,16H2,1H3,(H,17,19). The van der Waals surface area contributed by atoms with Gasteiger partial charge >= 0.3 is 0 Å². The van der Waals surface area contributed by atoms with Gasteiger partial charge in [0.05, 0.1) is 11.4 Å². The molecule has 0 saturated carbocycles. The van der Waals surface area contributed by atoms with Crippen LogP contribution < -0.4 is 11.1 Å². The normalized spacial score (nSPS) is 19.8. The Morgan fingerprint density at radius 1 is 1.50 bits per heavy atom. The van der Waals surface area contributed by atoms with Crippen molar-refractivity contribution in [1.82, 2.24) is 4.90 Å². The number of hydrogen-bond acceptors (Lipinski definition) is 4. The molecule has 0 aromatic heterocycles. The quantitative estimate of drug-likeness (QED) is 0.819. The van der Waals surface area contributed by atoms with Crippen LogP contribution in [0.3, 0.4) is 0 Å². The van der Waals surface area contributed by atoms with Crippen molar-refractivity contribution in [2.24, 2.45) is 0 Å². The van der Waals surface area contributed by atoms with Gasteiger partial charge in [-0.2, -0.15) is 11.8 Å². The lowest BCUT2D eigenvalue weighted by molar-refractivity contribution is -0.116. The molecular weight excluding hydrogens is 270 g/mol. The van der Waals surface area contributed by atoms with Gasteiger partial charge in [-0.05, 0) is 18.6 Å². The highest BCUT2D eigenvalue weighted by molar-refractivity contribution is 8.00. The van der Waals surface area contributed by atoms with Gasteiger partial charge in [0, 0.05) is 37.1 Å². The molecule has 1 unspecified atom stereocenters. The van der Waals surface area contributed by atoms with Crippen LogP contribution in [0.4, 0.5) is 11.4 Å². The van der Waals surface area contributed by atoms with Crippen molar-refractivity contribution in [3.8, 4) is 0 Å². The Hall–Kier alpha value is -1.20. The fourth-order valence-electron chi connectivity index (χ4n) is 2.31. The summed E-state index contributed by atoms with van der Waals surface area (Å²) in [5.74, 6) is 1.21. The van der Waals surface area contributed by atoms with Gasteiger partial charge in [-0.3, -0.25) is 4.79 Å². The molecule has 20 heavy (non-hydrogen) atoms. The lowest BCUT2D eigenvalue weighted by atomic mass is 10.2. The maximum Gasteiger partial charge on any atom is 0.225 e. The highest BCUT2D eigenvalue weighted by Gasteiger charge is 2.19. The number of hydrogen-bond donors (Lipinski definition) is 2. The molecule has 0 aliphatic carbocycles. The molecule has 0 spiro atoms. The first kappa shape index (κ1) is 15.2. The Kier molecular flexibility index (Phi) is 5.73. The molecule has 1 aliphatic rings. The summed E-state index contributed by atoms with van der Waals surface area (Å²) in [5.41, 5.74) is 7.14. The van der Waals surface area contributed by atoms with Crippen LogP contribution in [0.15, 0.2) is 24.3 Å². The molecule has 110 valence electrons. The number of para-hydroxylation sites is 2. The SMILES string of the molecule is CCC1CN(CCC(=O)Nc2ccccc2N)CCS1. The van der Waals surface area contributed by atoms with Crippen LogP contribution in [0, 0.1) is 0 Å². The number of thioether (sulfide) groups is 1. The maximum absolute atomic E-state index is 12.0. The van der Waals surface area contributed by atoms with Crippen LogP contribution in [0.25, 0.3) is 0 Å². The lowest BCUT2D eigenvalue weighted by Crippen LogP contribution is -2.39. The van der Waals surface area contributed by atoms with E-state index in [0.717, 1.165) is 24.9 Å². The topological polar surface area (TPSA) is 58.4 Å². The molecule has 0 bridgehead atoms. The molecule has 0 radical (unpaired) electrons. The van der Waals surface area contributed by atoms with Gasteiger partial charge in [-0.25, -0.2) is 0 Å². The van der Waals surface area contributed by atoms with E-state index in [1.807, 2.05) is 30.0 Å². The predicted octanol–water partition coefficient (Wildman–Crippen LogP) is 2.42. The fourth-order valence-corrected chi connectivity index (χ4v) is 3.56. The number of carbonyl (C=O) groups excluding carboxylic acids is 1. The van der Waals surface area contributed by atoms with E-state index >= 15 is 0 Å². The summed E-state index contributed by atoms with van der Waals surface area (Å²) in [7, 11) is 0. The third-order valence-corrected chi connectivity index (χ3v) is 4.94. The van der Waals surface area contributed by atoms with Crippen molar-refractivity contribution in [3.63, 3.8) is 0 Å². The van der Waals surface area contributed by atoms with Crippen LogP contribution in [0.5, 0.6) is 0 Å². The number of anilines is 2. The number of benzene rings is 1. The van der Waals surface area contributed by atoms with Crippen LogP contribution in [-0.4, -0.2) is 41.4 Å². The summed E-state index contributed by atoms with van der Waals surface area (Å²) in [6.45, 7) is 5.24. The molecule has 1 saturated heterocycles. The minimum atomic E-state index is 0.0363. The van der Waals surface area contributed by atoms with Crippen LogP contribution in [-0.2, 0) is 4.79 Å². The molecule has 1 atom stereocenters. The first-order chi connectivity index (χ1) is 9.69. The zero-order valence-corrected chi connectivity index (χ0v) is 12.8. The summed E-state index contributed by atoms with van der Waals surface area (Å²) in [5, 5.41) is 3.60. The second-order valence-electron chi connectivity index (χ2n) is 5.09. The number of nitrogens with two attached hydrogens (primary N) is 1. The summed E-state index contributed by atoms with van der Waals surface area (Å²) in [4.78, 5) is 14.3. The minimum Gasteiger partial charge on any atom is -0.397 e. The Bertz CT molecular complexity index is 452. The van der Waals surface area contributed by atoms with Crippen molar-refractivity contribution in [2.45, 2.75) is 25.0 Å². The average Bonchev–Trinajstić information content (AvgIpc) is 2.48. The summed E-state index contributed by atoms with van der Waals surface area (Å²) in [6.07, 6.45) is 1.73. The van der Waals surface area contributed by atoms with E-state index in [2.05, 4.69) is 17.1 Å². The summed E-state index contributed by atoms with van der Waals surface area (Å²) >= 11 is 2.05. The molecule has 1 fully saturated rings. The second-order valence-corrected chi connectivity index (χ2v) is 6.50. The van der Waals surface area contributed by atoms with Crippen molar-refractivity contribution in [3.05, 3.63) is 24.3 Å². The molecule has 1 aromatic carbocycles. The van der Waals surface area contributed by atoms with E-state index in [4.69, 9.17) is 5.73 Å². The van der Waals surface area contributed by atoms with E-state index in [0.29, 0.717) is 17.8 Å². The second kappa shape index (κ2) is 7.55. The first-order valence-electron chi connectivity index (χ1n) is 7.17. The number of nitrogens with zero attached hydrogens (tertiary/aromatic N) is 1. The zero-order chi connectivity index (χ0) is 14.4. The van der Waals surface area contributed by atoms with Crippen molar-refractivity contribution >= 4 is 29.0 Å². The minimum absolute atomic E-state index is 0.0363. The van der Waals surface area contributed by atoms with E-state index in [-0.39, 0.29) is 5.91 Å². The number of nitrogen functional groups attached to an aromatic ring is 1. The average molecular weight is 293 g/mol. The molecular formula is C15H23N3OS. The molecule has 4 nitrogen and oxygen atoms in total.